The van der Waals surface area contributed by atoms with Crippen LogP contribution in [0.2, 0.25) is 0 Å². The van der Waals surface area contributed by atoms with Gasteiger partial charge in [0, 0.05) is 18.0 Å². The molecule has 0 aliphatic heterocycles. The number of aromatic nitrogens is 1. The number of nitrogens with one attached hydrogen (secondary N) is 1. The lowest BCUT2D eigenvalue weighted by Crippen LogP contribution is -2.13. The average Bonchev–Trinajstić information content (AvgIpc) is 2.74. The van der Waals surface area contributed by atoms with Gasteiger partial charge in [-0.2, -0.15) is 11.8 Å². The minimum atomic E-state index is 0.578. The lowest BCUT2D eigenvalue weighted by molar-refractivity contribution is 0.615. The van der Waals surface area contributed by atoms with E-state index in [9.17, 15) is 0 Å². The van der Waals surface area contributed by atoms with E-state index in [0.29, 0.717) is 5.25 Å². The molecule has 1 unspecified atom stereocenters. The zero-order valence-corrected chi connectivity index (χ0v) is 9.67. The Hall–Kier alpha value is -1.16. The highest BCUT2D eigenvalue weighted by atomic mass is 32.2. The van der Waals surface area contributed by atoms with Crippen LogP contribution in [0.25, 0.3) is 11.0 Å². The minimum Gasteiger partial charge on any atom is -0.464 e. The van der Waals surface area contributed by atoms with Crippen LogP contribution < -0.4 is 5.32 Å². The highest BCUT2D eigenvalue weighted by Crippen LogP contribution is 2.21. The summed E-state index contributed by atoms with van der Waals surface area (Å²) in [5.74, 6) is 0.905. The van der Waals surface area contributed by atoms with Gasteiger partial charge in [0.15, 0.2) is 0 Å². The molecule has 2 rings (SSSR count). The highest BCUT2D eigenvalue weighted by molar-refractivity contribution is 7.99. The Bertz CT molecular complexity index is 441. The Labute approximate surface area is 93.3 Å². The number of fused-ring (bicyclic) bond motifs is 1. The molecule has 0 fully saturated rings. The largest absolute Gasteiger partial charge is 0.464 e. The van der Waals surface area contributed by atoms with Gasteiger partial charge in [0.2, 0.25) is 0 Å². The molecule has 2 aromatic heterocycles. The minimum absolute atomic E-state index is 0.578. The number of rotatable bonds is 4. The van der Waals surface area contributed by atoms with Crippen LogP contribution in [-0.2, 0) is 0 Å². The van der Waals surface area contributed by atoms with Crippen LogP contribution >= 0.6 is 11.8 Å². The fraction of sp³-hybridized carbons (Fsp3) is 0.364. The van der Waals surface area contributed by atoms with Crippen LogP contribution in [0.4, 0.5) is 5.82 Å². The first-order valence-electron chi connectivity index (χ1n) is 4.90. The van der Waals surface area contributed by atoms with Crippen molar-refractivity contribution in [1.82, 2.24) is 4.98 Å². The van der Waals surface area contributed by atoms with Gasteiger partial charge in [0.05, 0.1) is 11.6 Å². The smallest absolute Gasteiger partial charge is 0.139 e. The standard InChI is InChI=1S/C11H14N2OS/c1-8(15-2)7-13-11-9-4-6-14-10(9)3-5-12-11/h3-6,8H,7H2,1-2H3,(H,12,13). The Kier molecular flexibility index (Phi) is 3.16. The summed E-state index contributed by atoms with van der Waals surface area (Å²) in [6.45, 7) is 3.10. The third-order valence-electron chi connectivity index (χ3n) is 2.34. The average molecular weight is 222 g/mol. The second-order valence-electron chi connectivity index (χ2n) is 3.42. The fourth-order valence-corrected chi connectivity index (χ4v) is 1.61. The molecule has 80 valence electrons. The number of hydrogen-bond acceptors (Lipinski definition) is 4. The van der Waals surface area contributed by atoms with Gasteiger partial charge in [-0.05, 0) is 18.4 Å². The molecule has 0 aliphatic carbocycles. The lowest BCUT2D eigenvalue weighted by Gasteiger charge is -2.10. The summed E-state index contributed by atoms with van der Waals surface area (Å²) in [4.78, 5) is 4.30. The SMILES string of the molecule is CSC(C)CNc1nccc2occc12. The molecule has 0 saturated heterocycles. The van der Waals surface area contributed by atoms with Crippen molar-refractivity contribution in [1.29, 1.82) is 0 Å². The highest BCUT2D eigenvalue weighted by Gasteiger charge is 2.05. The molecule has 0 radical (unpaired) electrons. The van der Waals surface area contributed by atoms with Crippen LogP contribution in [0, 0.1) is 0 Å². The molecule has 0 saturated carbocycles. The van der Waals surface area contributed by atoms with E-state index in [1.807, 2.05) is 23.9 Å². The summed E-state index contributed by atoms with van der Waals surface area (Å²) in [7, 11) is 0. The molecule has 1 atom stereocenters. The maximum Gasteiger partial charge on any atom is 0.139 e. The lowest BCUT2D eigenvalue weighted by atomic mass is 10.3. The number of thioether (sulfide) groups is 1. The van der Waals surface area contributed by atoms with Crippen LogP contribution in [0.1, 0.15) is 6.92 Å². The van der Waals surface area contributed by atoms with Gasteiger partial charge in [-0.1, -0.05) is 6.92 Å². The third-order valence-corrected chi connectivity index (χ3v) is 3.31. The molecule has 2 heterocycles. The van der Waals surface area contributed by atoms with Crippen molar-refractivity contribution in [3.05, 3.63) is 24.6 Å². The maximum absolute atomic E-state index is 5.31. The van der Waals surface area contributed by atoms with E-state index in [-0.39, 0.29) is 0 Å². The predicted octanol–water partition coefficient (Wildman–Crippen LogP) is 2.99. The summed E-state index contributed by atoms with van der Waals surface area (Å²) in [5.41, 5.74) is 0.879. The summed E-state index contributed by atoms with van der Waals surface area (Å²) in [6.07, 6.45) is 5.56. The molecule has 4 heteroatoms. The van der Waals surface area contributed by atoms with E-state index in [4.69, 9.17) is 4.42 Å². The zero-order valence-electron chi connectivity index (χ0n) is 8.86. The normalized spacial score (nSPS) is 12.9. The summed E-state index contributed by atoms with van der Waals surface area (Å²) >= 11 is 1.84. The molecule has 3 nitrogen and oxygen atoms in total. The van der Waals surface area contributed by atoms with E-state index in [1.165, 1.54) is 0 Å². The van der Waals surface area contributed by atoms with Crippen LogP contribution in [-0.4, -0.2) is 23.0 Å². The fourth-order valence-electron chi connectivity index (χ4n) is 1.36. The van der Waals surface area contributed by atoms with E-state index in [2.05, 4.69) is 23.5 Å². The number of hydrogen-bond donors (Lipinski definition) is 1. The van der Waals surface area contributed by atoms with Crippen molar-refractivity contribution >= 4 is 28.5 Å². The molecule has 0 spiro atoms. The van der Waals surface area contributed by atoms with Crippen LogP contribution in [0.3, 0.4) is 0 Å². The molecule has 1 N–H and O–H groups in total. The Morgan fingerprint density at radius 3 is 3.20 bits per heavy atom. The summed E-state index contributed by atoms with van der Waals surface area (Å²) in [6, 6.07) is 3.81. The molecule has 2 aromatic rings. The summed E-state index contributed by atoms with van der Waals surface area (Å²) in [5, 5.41) is 4.96. The van der Waals surface area contributed by atoms with Crippen molar-refractivity contribution in [3.8, 4) is 0 Å². The zero-order chi connectivity index (χ0) is 10.7. The maximum atomic E-state index is 5.31. The first-order chi connectivity index (χ1) is 7.31. The molecular formula is C11H14N2OS. The van der Waals surface area contributed by atoms with Gasteiger partial charge >= 0.3 is 0 Å². The number of anilines is 1. The molecule has 0 aromatic carbocycles. The molecule has 0 amide bonds. The molecule has 0 aliphatic rings. The van der Waals surface area contributed by atoms with Gasteiger partial charge in [-0.15, -0.1) is 0 Å². The number of pyridine rings is 1. The topological polar surface area (TPSA) is 38.1 Å². The Balaban J connectivity index is 2.17. The van der Waals surface area contributed by atoms with E-state index in [0.717, 1.165) is 23.3 Å². The van der Waals surface area contributed by atoms with Crippen LogP contribution in [0.15, 0.2) is 29.0 Å². The molecule has 15 heavy (non-hydrogen) atoms. The van der Waals surface area contributed by atoms with Crippen molar-refractivity contribution < 1.29 is 4.42 Å². The van der Waals surface area contributed by atoms with Gasteiger partial charge in [-0.25, -0.2) is 4.98 Å². The van der Waals surface area contributed by atoms with Gasteiger partial charge < -0.3 is 9.73 Å². The number of furan rings is 1. The van der Waals surface area contributed by atoms with Crippen molar-refractivity contribution in [2.24, 2.45) is 0 Å². The quantitative estimate of drug-likeness (QED) is 0.863. The predicted molar refractivity (Wildman–Crippen MR) is 65.5 cm³/mol. The Morgan fingerprint density at radius 1 is 1.53 bits per heavy atom. The van der Waals surface area contributed by atoms with Gasteiger partial charge in [0.1, 0.15) is 11.4 Å². The van der Waals surface area contributed by atoms with Crippen LogP contribution in [0.5, 0.6) is 0 Å². The van der Waals surface area contributed by atoms with Crippen molar-refractivity contribution in [2.75, 3.05) is 18.1 Å². The number of nitrogens with zero attached hydrogens (tertiary/aromatic N) is 1. The molecular weight excluding hydrogens is 208 g/mol. The first-order valence-corrected chi connectivity index (χ1v) is 6.19. The second-order valence-corrected chi connectivity index (χ2v) is 4.70. The van der Waals surface area contributed by atoms with E-state index in [1.54, 1.807) is 12.5 Å². The first kappa shape index (κ1) is 10.4. The van der Waals surface area contributed by atoms with E-state index < -0.39 is 0 Å². The van der Waals surface area contributed by atoms with Crippen molar-refractivity contribution in [3.63, 3.8) is 0 Å². The molecule has 0 bridgehead atoms. The Morgan fingerprint density at radius 2 is 2.40 bits per heavy atom. The van der Waals surface area contributed by atoms with Crippen molar-refractivity contribution in [2.45, 2.75) is 12.2 Å². The third kappa shape index (κ3) is 2.26. The summed E-state index contributed by atoms with van der Waals surface area (Å²) < 4.78 is 5.31. The van der Waals surface area contributed by atoms with Gasteiger partial charge in [0.25, 0.3) is 0 Å². The van der Waals surface area contributed by atoms with Gasteiger partial charge in [-0.3, -0.25) is 0 Å². The van der Waals surface area contributed by atoms with E-state index >= 15 is 0 Å². The second kappa shape index (κ2) is 4.57. The monoisotopic (exact) mass is 222 g/mol.